The molecule has 1 rings (SSSR count). The third-order valence-electron chi connectivity index (χ3n) is 1.92. The van der Waals surface area contributed by atoms with Crippen molar-refractivity contribution < 1.29 is 4.74 Å². The second kappa shape index (κ2) is 4.46. The van der Waals surface area contributed by atoms with Crippen LogP contribution in [0.25, 0.3) is 0 Å². The molecule has 1 heteroatoms. The molecule has 0 saturated carbocycles. The summed E-state index contributed by atoms with van der Waals surface area (Å²) >= 11 is 0. The van der Waals surface area contributed by atoms with E-state index in [1.165, 1.54) is 17.6 Å². The van der Waals surface area contributed by atoms with Gasteiger partial charge in [0.2, 0.25) is 0 Å². The molecule has 1 atom stereocenters. The van der Waals surface area contributed by atoms with Crippen LogP contribution >= 0.6 is 0 Å². The Balaban J connectivity index is 2.17. The van der Waals surface area contributed by atoms with Crippen molar-refractivity contribution in [1.29, 1.82) is 0 Å². The maximum absolute atomic E-state index is 5.11. The Labute approximate surface area is 75.1 Å². The van der Waals surface area contributed by atoms with Crippen molar-refractivity contribution in [2.45, 2.75) is 39.7 Å². The summed E-state index contributed by atoms with van der Waals surface area (Å²) in [5.41, 5.74) is 2.86. The number of ether oxygens (including phenoxy) is 1. The van der Waals surface area contributed by atoms with Crippen LogP contribution in [0.2, 0.25) is 0 Å². The first kappa shape index (κ1) is 9.53. The van der Waals surface area contributed by atoms with Gasteiger partial charge in [0, 0.05) is 0 Å². The number of rotatable bonds is 4. The fourth-order valence-corrected chi connectivity index (χ4v) is 1.14. The Morgan fingerprint density at radius 2 is 2.08 bits per heavy atom. The first-order chi connectivity index (χ1) is 5.68. The molecule has 0 spiro atoms. The van der Waals surface area contributed by atoms with E-state index in [9.17, 15) is 0 Å². The fourth-order valence-electron chi connectivity index (χ4n) is 1.14. The lowest BCUT2D eigenvalue weighted by Crippen LogP contribution is -1.82. The van der Waals surface area contributed by atoms with Crippen LogP contribution in [0.3, 0.4) is 0 Å². The van der Waals surface area contributed by atoms with Crippen LogP contribution in [-0.2, 0) is 4.74 Å². The van der Waals surface area contributed by atoms with Gasteiger partial charge < -0.3 is 4.74 Å². The van der Waals surface area contributed by atoms with Crippen LogP contribution in [0.1, 0.15) is 33.6 Å². The Kier molecular flexibility index (Phi) is 3.54. The SMILES string of the molecule is CC(C)=CCC/C(C)=C/C1CO1. The quantitative estimate of drug-likeness (QED) is 0.462. The van der Waals surface area contributed by atoms with Crippen molar-refractivity contribution in [2.75, 3.05) is 6.61 Å². The minimum absolute atomic E-state index is 0.441. The minimum atomic E-state index is 0.441. The second-order valence-electron chi connectivity index (χ2n) is 3.70. The molecular formula is C11H18O. The van der Waals surface area contributed by atoms with Crippen molar-refractivity contribution >= 4 is 0 Å². The Hall–Kier alpha value is -0.560. The highest BCUT2D eigenvalue weighted by Crippen LogP contribution is 2.15. The zero-order valence-electron chi connectivity index (χ0n) is 8.26. The molecule has 1 nitrogen and oxygen atoms in total. The van der Waals surface area contributed by atoms with Gasteiger partial charge in [0.05, 0.1) is 12.7 Å². The van der Waals surface area contributed by atoms with Crippen LogP contribution in [0.4, 0.5) is 0 Å². The smallest absolute Gasteiger partial charge is 0.0993 e. The van der Waals surface area contributed by atoms with Crippen molar-refractivity contribution in [3.05, 3.63) is 23.3 Å². The lowest BCUT2D eigenvalue weighted by Gasteiger charge is -1.96. The van der Waals surface area contributed by atoms with Gasteiger partial charge in [0.1, 0.15) is 0 Å². The fraction of sp³-hybridized carbons (Fsp3) is 0.636. The standard InChI is InChI=1S/C11H18O/c1-9(2)5-4-6-10(3)7-11-8-12-11/h5,7,11H,4,6,8H2,1-3H3/b10-7+. The average molecular weight is 166 g/mol. The lowest BCUT2D eigenvalue weighted by molar-refractivity contribution is 0.439. The third-order valence-corrected chi connectivity index (χ3v) is 1.92. The molecule has 1 fully saturated rings. The predicted molar refractivity (Wildman–Crippen MR) is 52.2 cm³/mol. The Morgan fingerprint density at radius 1 is 1.42 bits per heavy atom. The Morgan fingerprint density at radius 3 is 2.58 bits per heavy atom. The van der Waals surface area contributed by atoms with E-state index in [0.717, 1.165) is 13.0 Å². The van der Waals surface area contributed by atoms with Crippen molar-refractivity contribution in [3.63, 3.8) is 0 Å². The van der Waals surface area contributed by atoms with Gasteiger partial charge in [-0.05, 0) is 33.6 Å². The molecule has 1 saturated heterocycles. The monoisotopic (exact) mass is 166 g/mol. The highest BCUT2D eigenvalue weighted by atomic mass is 16.6. The normalized spacial score (nSPS) is 22.2. The molecule has 1 aliphatic heterocycles. The van der Waals surface area contributed by atoms with E-state index in [1.807, 2.05) is 0 Å². The first-order valence-electron chi connectivity index (χ1n) is 4.61. The molecule has 0 aromatic carbocycles. The van der Waals surface area contributed by atoms with E-state index >= 15 is 0 Å². The molecule has 68 valence electrons. The summed E-state index contributed by atoms with van der Waals surface area (Å²) in [6.45, 7) is 7.40. The van der Waals surface area contributed by atoms with E-state index in [-0.39, 0.29) is 0 Å². The highest BCUT2D eigenvalue weighted by molar-refractivity contribution is 5.07. The van der Waals surface area contributed by atoms with Crippen molar-refractivity contribution in [3.8, 4) is 0 Å². The van der Waals surface area contributed by atoms with Crippen LogP contribution < -0.4 is 0 Å². The molecule has 1 unspecified atom stereocenters. The lowest BCUT2D eigenvalue weighted by atomic mass is 10.1. The van der Waals surface area contributed by atoms with E-state index in [2.05, 4.69) is 32.9 Å². The summed E-state index contributed by atoms with van der Waals surface area (Å²) in [5, 5.41) is 0. The van der Waals surface area contributed by atoms with Crippen LogP contribution in [-0.4, -0.2) is 12.7 Å². The number of allylic oxidation sites excluding steroid dienone is 3. The molecule has 0 aromatic rings. The van der Waals surface area contributed by atoms with Crippen LogP contribution in [0.5, 0.6) is 0 Å². The number of epoxide rings is 1. The summed E-state index contributed by atoms with van der Waals surface area (Å²) in [5.74, 6) is 0. The van der Waals surface area contributed by atoms with E-state index in [4.69, 9.17) is 4.74 Å². The largest absolute Gasteiger partial charge is 0.369 e. The van der Waals surface area contributed by atoms with E-state index < -0.39 is 0 Å². The average Bonchev–Trinajstić information content (AvgIpc) is 2.70. The van der Waals surface area contributed by atoms with Gasteiger partial charge in [0.25, 0.3) is 0 Å². The van der Waals surface area contributed by atoms with Gasteiger partial charge >= 0.3 is 0 Å². The Bertz CT molecular complexity index is 193. The van der Waals surface area contributed by atoms with Gasteiger partial charge in [-0.1, -0.05) is 23.3 Å². The topological polar surface area (TPSA) is 12.5 Å². The van der Waals surface area contributed by atoms with Crippen molar-refractivity contribution in [2.24, 2.45) is 0 Å². The molecule has 1 heterocycles. The first-order valence-corrected chi connectivity index (χ1v) is 4.61. The van der Waals surface area contributed by atoms with Gasteiger partial charge in [-0.25, -0.2) is 0 Å². The van der Waals surface area contributed by atoms with Crippen LogP contribution in [0.15, 0.2) is 23.3 Å². The van der Waals surface area contributed by atoms with Crippen molar-refractivity contribution in [1.82, 2.24) is 0 Å². The van der Waals surface area contributed by atoms with Gasteiger partial charge in [-0.15, -0.1) is 0 Å². The zero-order valence-corrected chi connectivity index (χ0v) is 8.26. The maximum Gasteiger partial charge on any atom is 0.0993 e. The van der Waals surface area contributed by atoms with E-state index in [1.54, 1.807) is 0 Å². The molecule has 0 amide bonds. The molecular weight excluding hydrogens is 148 g/mol. The summed E-state index contributed by atoms with van der Waals surface area (Å²) in [4.78, 5) is 0. The van der Waals surface area contributed by atoms with Gasteiger partial charge in [0.15, 0.2) is 0 Å². The summed E-state index contributed by atoms with van der Waals surface area (Å²) in [6, 6.07) is 0. The summed E-state index contributed by atoms with van der Waals surface area (Å²) in [6.07, 6.45) is 7.29. The van der Waals surface area contributed by atoms with E-state index in [0.29, 0.717) is 6.10 Å². The van der Waals surface area contributed by atoms with Crippen LogP contribution in [0, 0.1) is 0 Å². The maximum atomic E-state index is 5.11. The molecule has 0 N–H and O–H groups in total. The summed E-state index contributed by atoms with van der Waals surface area (Å²) < 4.78 is 5.11. The molecule has 12 heavy (non-hydrogen) atoms. The number of hydrogen-bond donors (Lipinski definition) is 0. The number of hydrogen-bond acceptors (Lipinski definition) is 1. The zero-order chi connectivity index (χ0) is 8.97. The minimum Gasteiger partial charge on any atom is -0.369 e. The van der Waals surface area contributed by atoms with Gasteiger partial charge in [-0.3, -0.25) is 0 Å². The molecule has 0 radical (unpaired) electrons. The summed E-state index contributed by atoms with van der Waals surface area (Å²) in [7, 11) is 0. The second-order valence-corrected chi connectivity index (χ2v) is 3.70. The predicted octanol–water partition coefficient (Wildman–Crippen LogP) is 3.08. The van der Waals surface area contributed by atoms with Gasteiger partial charge in [-0.2, -0.15) is 0 Å². The third kappa shape index (κ3) is 4.35. The molecule has 0 aromatic heterocycles. The molecule has 0 bridgehead atoms. The molecule has 0 aliphatic carbocycles. The highest BCUT2D eigenvalue weighted by Gasteiger charge is 2.18. The molecule has 1 aliphatic rings.